The lowest BCUT2D eigenvalue weighted by molar-refractivity contribution is 0.984. The van der Waals surface area contributed by atoms with E-state index in [4.69, 9.17) is 18.0 Å². The van der Waals surface area contributed by atoms with E-state index in [0.29, 0.717) is 11.4 Å². The fourth-order valence-corrected chi connectivity index (χ4v) is 1.39. The molecule has 0 aliphatic rings. The summed E-state index contributed by atoms with van der Waals surface area (Å²) in [5.74, 6) is 0. The molecule has 0 amide bonds. The van der Waals surface area contributed by atoms with Crippen molar-refractivity contribution >= 4 is 17.2 Å². The number of aromatic nitrogens is 3. The first-order valence-electron chi connectivity index (χ1n) is 4.49. The van der Waals surface area contributed by atoms with E-state index in [1.807, 2.05) is 6.07 Å². The second kappa shape index (κ2) is 4.19. The van der Waals surface area contributed by atoms with E-state index in [9.17, 15) is 4.79 Å². The number of nitrogens with zero attached hydrogens (tertiary/aromatic N) is 2. The Morgan fingerprint density at radius 3 is 2.81 bits per heavy atom. The van der Waals surface area contributed by atoms with Gasteiger partial charge in [0.25, 0.3) is 5.56 Å². The summed E-state index contributed by atoms with van der Waals surface area (Å²) in [5, 5.41) is 6.21. The normalized spacial score (nSPS) is 10.0. The van der Waals surface area contributed by atoms with Gasteiger partial charge >= 0.3 is 0 Å². The monoisotopic (exact) mass is 232 g/mol. The highest BCUT2D eigenvalue weighted by atomic mass is 32.1. The molecule has 5 nitrogen and oxygen atoms in total. The molecule has 0 atom stereocenters. The average Bonchev–Trinajstić information content (AvgIpc) is 2.30. The Labute approximate surface area is 96.3 Å². The zero-order chi connectivity index (χ0) is 11.5. The van der Waals surface area contributed by atoms with Crippen molar-refractivity contribution in [3.8, 4) is 11.4 Å². The van der Waals surface area contributed by atoms with Crippen molar-refractivity contribution in [1.29, 1.82) is 0 Å². The van der Waals surface area contributed by atoms with E-state index in [1.165, 1.54) is 6.07 Å². The van der Waals surface area contributed by atoms with Gasteiger partial charge in [-0.15, -0.1) is 0 Å². The van der Waals surface area contributed by atoms with Crippen LogP contribution in [0.15, 0.2) is 35.3 Å². The van der Waals surface area contributed by atoms with Crippen LogP contribution < -0.4 is 11.3 Å². The van der Waals surface area contributed by atoms with Crippen LogP contribution in [0.3, 0.4) is 0 Å². The van der Waals surface area contributed by atoms with Gasteiger partial charge in [0.15, 0.2) is 0 Å². The number of rotatable bonds is 2. The van der Waals surface area contributed by atoms with Gasteiger partial charge in [0.2, 0.25) is 0 Å². The summed E-state index contributed by atoms with van der Waals surface area (Å²) in [4.78, 5) is 15.5. The third-order valence-electron chi connectivity index (χ3n) is 2.00. The zero-order valence-electron chi connectivity index (χ0n) is 8.18. The summed E-state index contributed by atoms with van der Waals surface area (Å²) < 4.78 is 0. The molecule has 0 spiro atoms. The second-order valence-electron chi connectivity index (χ2n) is 3.08. The summed E-state index contributed by atoms with van der Waals surface area (Å²) >= 11 is 4.77. The van der Waals surface area contributed by atoms with Crippen LogP contribution in [-0.2, 0) is 0 Å². The first kappa shape index (κ1) is 10.4. The topological polar surface area (TPSA) is 84.7 Å². The molecule has 2 aromatic heterocycles. The van der Waals surface area contributed by atoms with Gasteiger partial charge in [-0.25, -0.2) is 5.10 Å². The van der Waals surface area contributed by atoms with Gasteiger partial charge in [-0.1, -0.05) is 18.3 Å². The fourth-order valence-electron chi connectivity index (χ4n) is 1.23. The van der Waals surface area contributed by atoms with Crippen LogP contribution in [0.2, 0.25) is 0 Å². The maximum Gasteiger partial charge on any atom is 0.274 e. The molecule has 0 radical (unpaired) electrons. The maximum absolute atomic E-state index is 11.3. The van der Waals surface area contributed by atoms with Gasteiger partial charge in [0.05, 0.1) is 11.3 Å². The molecule has 0 saturated heterocycles. The SMILES string of the molecule is NC(=S)c1cc(-c2ccccn2)n[nH]c1=O. The molecular weight excluding hydrogens is 224 g/mol. The molecule has 6 heteroatoms. The predicted octanol–water partition coefficient (Wildman–Crippen LogP) is 0.466. The van der Waals surface area contributed by atoms with Crippen molar-refractivity contribution in [2.75, 3.05) is 0 Å². The quantitative estimate of drug-likeness (QED) is 0.735. The minimum atomic E-state index is -0.396. The maximum atomic E-state index is 11.3. The molecule has 2 rings (SSSR count). The van der Waals surface area contributed by atoms with E-state index in [0.717, 1.165) is 0 Å². The first-order valence-corrected chi connectivity index (χ1v) is 4.90. The van der Waals surface area contributed by atoms with Crippen LogP contribution in [0.1, 0.15) is 5.56 Å². The largest absolute Gasteiger partial charge is 0.389 e. The first-order chi connectivity index (χ1) is 7.68. The molecule has 2 heterocycles. The number of H-pyrrole nitrogens is 1. The molecule has 16 heavy (non-hydrogen) atoms. The van der Waals surface area contributed by atoms with Gasteiger partial charge < -0.3 is 5.73 Å². The highest BCUT2D eigenvalue weighted by Gasteiger charge is 2.07. The van der Waals surface area contributed by atoms with Crippen molar-refractivity contribution in [1.82, 2.24) is 15.2 Å². The fraction of sp³-hybridized carbons (Fsp3) is 0. The standard InChI is InChI=1S/C10H8N4OS/c11-9(16)6-5-8(13-14-10(6)15)7-3-1-2-4-12-7/h1-5H,(H2,11,16)(H,14,15). The lowest BCUT2D eigenvalue weighted by Crippen LogP contribution is -2.23. The van der Waals surface area contributed by atoms with Crippen molar-refractivity contribution < 1.29 is 0 Å². The lowest BCUT2D eigenvalue weighted by Gasteiger charge is -2.01. The van der Waals surface area contributed by atoms with Crippen LogP contribution in [0.4, 0.5) is 0 Å². The van der Waals surface area contributed by atoms with Gasteiger partial charge in [-0.2, -0.15) is 5.10 Å². The number of thiocarbonyl (C=S) groups is 1. The van der Waals surface area contributed by atoms with E-state index < -0.39 is 5.56 Å². The Hall–Kier alpha value is -2.08. The van der Waals surface area contributed by atoms with Gasteiger partial charge in [-0.3, -0.25) is 9.78 Å². The number of nitrogens with two attached hydrogens (primary N) is 1. The molecule has 0 aliphatic heterocycles. The summed E-state index contributed by atoms with van der Waals surface area (Å²) in [5.41, 5.74) is 6.45. The Bertz CT molecular complexity index is 579. The number of pyridine rings is 1. The Morgan fingerprint density at radius 1 is 1.38 bits per heavy atom. The number of hydrogen-bond acceptors (Lipinski definition) is 4. The summed E-state index contributed by atoms with van der Waals surface area (Å²) in [6.07, 6.45) is 1.64. The minimum Gasteiger partial charge on any atom is -0.389 e. The number of nitrogens with one attached hydrogen (secondary N) is 1. The Balaban J connectivity index is 2.57. The van der Waals surface area contributed by atoms with Crippen molar-refractivity contribution in [3.05, 3.63) is 46.4 Å². The third-order valence-corrected chi connectivity index (χ3v) is 2.22. The van der Waals surface area contributed by atoms with Crippen molar-refractivity contribution in [3.63, 3.8) is 0 Å². The molecule has 3 N–H and O–H groups in total. The molecule has 0 fully saturated rings. The molecule has 2 aromatic rings. The van der Waals surface area contributed by atoms with Crippen molar-refractivity contribution in [2.45, 2.75) is 0 Å². The molecule has 0 aliphatic carbocycles. The highest BCUT2D eigenvalue weighted by molar-refractivity contribution is 7.80. The molecule has 0 aromatic carbocycles. The van der Waals surface area contributed by atoms with Crippen LogP contribution in [0, 0.1) is 0 Å². The van der Waals surface area contributed by atoms with Crippen LogP contribution >= 0.6 is 12.2 Å². The van der Waals surface area contributed by atoms with Crippen LogP contribution in [-0.4, -0.2) is 20.2 Å². The summed E-state index contributed by atoms with van der Waals surface area (Å²) in [6.45, 7) is 0. The molecule has 0 bridgehead atoms. The van der Waals surface area contributed by atoms with Gasteiger partial charge in [0.1, 0.15) is 10.7 Å². The molecule has 0 saturated carbocycles. The highest BCUT2D eigenvalue weighted by Crippen LogP contribution is 2.11. The van der Waals surface area contributed by atoms with Crippen molar-refractivity contribution in [2.24, 2.45) is 5.73 Å². The Kier molecular flexibility index (Phi) is 2.74. The van der Waals surface area contributed by atoms with E-state index >= 15 is 0 Å². The lowest BCUT2D eigenvalue weighted by atomic mass is 10.2. The van der Waals surface area contributed by atoms with E-state index in [-0.39, 0.29) is 10.6 Å². The molecular formula is C10H8N4OS. The van der Waals surface area contributed by atoms with Gasteiger partial charge in [-0.05, 0) is 18.2 Å². The molecule has 80 valence electrons. The van der Waals surface area contributed by atoms with Crippen LogP contribution in [0.25, 0.3) is 11.4 Å². The summed E-state index contributed by atoms with van der Waals surface area (Å²) in [7, 11) is 0. The minimum absolute atomic E-state index is 0.0424. The predicted molar refractivity (Wildman–Crippen MR) is 64.0 cm³/mol. The zero-order valence-corrected chi connectivity index (χ0v) is 8.99. The smallest absolute Gasteiger partial charge is 0.274 e. The molecule has 0 unspecified atom stereocenters. The second-order valence-corrected chi connectivity index (χ2v) is 3.52. The third kappa shape index (κ3) is 1.96. The van der Waals surface area contributed by atoms with Gasteiger partial charge in [0, 0.05) is 6.20 Å². The van der Waals surface area contributed by atoms with Crippen LogP contribution in [0.5, 0.6) is 0 Å². The Morgan fingerprint density at radius 2 is 2.19 bits per heavy atom. The van der Waals surface area contributed by atoms with E-state index in [2.05, 4.69) is 15.2 Å². The summed E-state index contributed by atoms with van der Waals surface area (Å²) in [6, 6.07) is 6.94. The average molecular weight is 232 g/mol. The number of hydrogen-bond donors (Lipinski definition) is 2. The number of aromatic amines is 1. The van der Waals surface area contributed by atoms with E-state index in [1.54, 1.807) is 18.3 Å².